The zero-order chi connectivity index (χ0) is 20.4. The van der Waals surface area contributed by atoms with Crippen molar-refractivity contribution in [3.63, 3.8) is 0 Å². The topological polar surface area (TPSA) is 90.6 Å². The second-order valence-corrected chi connectivity index (χ2v) is 8.21. The number of hydrogen-bond donors (Lipinski definition) is 2. The van der Waals surface area contributed by atoms with E-state index in [1.807, 2.05) is 30.3 Å². The number of esters is 1. The average molecular weight is 433 g/mol. The minimum absolute atomic E-state index is 0. The first-order valence-electron chi connectivity index (χ1n) is 10.3. The first-order chi connectivity index (χ1) is 14.1. The Labute approximate surface area is 182 Å². The van der Waals surface area contributed by atoms with Crippen molar-refractivity contribution in [3.05, 3.63) is 36.4 Å². The van der Waals surface area contributed by atoms with E-state index in [0.29, 0.717) is 17.6 Å². The largest absolute Gasteiger partial charge is 0.481 e. The molecule has 2 unspecified atom stereocenters. The summed E-state index contributed by atoms with van der Waals surface area (Å²) in [4.78, 5) is 24.4. The lowest BCUT2D eigenvalue weighted by Crippen LogP contribution is -2.48. The summed E-state index contributed by atoms with van der Waals surface area (Å²) in [6.45, 7) is -0.155. The summed E-state index contributed by atoms with van der Waals surface area (Å²) in [6, 6.07) is 11.6. The lowest BCUT2D eigenvalue weighted by atomic mass is 9.65. The van der Waals surface area contributed by atoms with Gasteiger partial charge in [-0.2, -0.15) is 0 Å². The summed E-state index contributed by atoms with van der Waals surface area (Å²) >= 11 is 0. The van der Waals surface area contributed by atoms with Crippen LogP contribution in [0.2, 0.25) is 0 Å². The Morgan fingerprint density at radius 3 is 2.40 bits per heavy atom. The first kappa shape index (κ1) is 22.4. The van der Waals surface area contributed by atoms with Gasteiger partial charge in [0, 0.05) is 28.4 Å². The molecular formula is C23H29ClN2O4. The van der Waals surface area contributed by atoms with E-state index in [4.69, 9.17) is 10.5 Å². The number of benzene rings is 2. The smallest absolute Gasteiger partial charge is 0.343 e. The molecule has 0 spiro atoms. The van der Waals surface area contributed by atoms with Crippen molar-refractivity contribution in [1.82, 2.24) is 0 Å². The highest BCUT2D eigenvalue weighted by Gasteiger charge is 2.40. The second-order valence-electron chi connectivity index (χ2n) is 8.21. The van der Waals surface area contributed by atoms with Gasteiger partial charge in [0.2, 0.25) is 5.91 Å². The average Bonchev–Trinajstić information content (AvgIpc) is 2.72. The van der Waals surface area contributed by atoms with Crippen LogP contribution < -0.4 is 15.8 Å². The third-order valence-electron chi connectivity index (χ3n) is 6.50. The van der Waals surface area contributed by atoms with E-state index in [1.165, 1.54) is 13.5 Å². The number of nitrogens with one attached hydrogen (secondary N) is 1. The predicted octanol–water partition coefficient (Wildman–Crippen LogP) is 3.91. The van der Waals surface area contributed by atoms with E-state index in [0.717, 1.165) is 42.1 Å². The predicted molar refractivity (Wildman–Crippen MR) is 119 cm³/mol. The van der Waals surface area contributed by atoms with E-state index < -0.39 is 5.97 Å². The number of carbonyl (C=O) groups is 2. The minimum atomic E-state index is -0.437. The number of nitrogens with two attached hydrogens (primary N) is 1. The highest BCUT2D eigenvalue weighted by Crippen LogP contribution is 2.42. The molecule has 2 saturated carbocycles. The number of amides is 1. The number of fused-ring (bicyclic) bond motifs is 3. The zero-order valence-corrected chi connectivity index (χ0v) is 18.0. The molecule has 162 valence electrons. The van der Waals surface area contributed by atoms with Crippen LogP contribution in [0.15, 0.2) is 36.4 Å². The summed E-state index contributed by atoms with van der Waals surface area (Å²) < 4.78 is 10.2. The van der Waals surface area contributed by atoms with Crippen LogP contribution in [0.4, 0.5) is 5.69 Å². The highest BCUT2D eigenvalue weighted by atomic mass is 35.5. The Morgan fingerprint density at radius 1 is 1.07 bits per heavy atom. The first-order valence-corrected chi connectivity index (χ1v) is 10.3. The Hall–Kier alpha value is -2.31. The van der Waals surface area contributed by atoms with Crippen LogP contribution in [0.1, 0.15) is 32.1 Å². The van der Waals surface area contributed by atoms with Gasteiger partial charge in [-0.05, 0) is 49.7 Å². The maximum Gasteiger partial charge on any atom is 0.343 e. The standard InChI is InChI=1S/C23H28N2O4.ClH/c1-28-21(26)13-29-20-10-9-19(17-7-2-3-8-18(17)20)25-23(27)16-11-14-5-4-6-15(12-16)22(14)24;/h2-3,7-10,14-16,22H,4-6,11-13,24H2,1H3,(H,25,27);1H. The Balaban J connectivity index is 0.00000256. The molecule has 2 bridgehead atoms. The van der Waals surface area contributed by atoms with E-state index in [1.54, 1.807) is 6.07 Å². The van der Waals surface area contributed by atoms with Crippen molar-refractivity contribution < 1.29 is 19.1 Å². The number of carbonyl (C=O) groups excluding carboxylic acids is 2. The van der Waals surface area contributed by atoms with Crippen LogP contribution in [0.3, 0.4) is 0 Å². The number of halogens is 1. The molecule has 30 heavy (non-hydrogen) atoms. The van der Waals surface area contributed by atoms with Gasteiger partial charge < -0.3 is 20.5 Å². The monoisotopic (exact) mass is 432 g/mol. The van der Waals surface area contributed by atoms with Crippen LogP contribution in [0, 0.1) is 17.8 Å². The van der Waals surface area contributed by atoms with E-state index >= 15 is 0 Å². The van der Waals surface area contributed by atoms with Gasteiger partial charge in [0.1, 0.15) is 5.75 Å². The molecule has 0 aliphatic heterocycles. The lowest BCUT2D eigenvalue weighted by Gasteiger charge is -2.43. The lowest BCUT2D eigenvalue weighted by molar-refractivity contribution is -0.142. The molecule has 7 heteroatoms. The molecule has 0 saturated heterocycles. The maximum absolute atomic E-state index is 13.0. The number of hydrogen-bond acceptors (Lipinski definition) is 5. The highest BCUT2D eigenvalue weighted by molar-refractivity contribution is 6.04. The van der Waals surface area contributed by atoms with Gasteiger partial charge in [0.05, 0.1) is 7.11 Å². The molecule has 2 aliphatic carbocycles. The fourth-order valence-corrected chi connectivity index (χ4v) is 4.94. The summed E-state index contributed by atoms with van der Waals surface area (Å²) in [6.07, 6.45) is 5.26. The van der Waals surface area contributed by atoms with E-state index in [2.05, 4.69) is 10.1 Å². The van der Waals surface area contributed by atoms with Gasteiger partial charge in [-0.25, -0.2) is 4.79 Å². The molecule has 1 amide bonds. The van der Waals surface area contributed by atoms with Crippen LogP contribution in [0.25, 0.3) is 10.8 Å². The fraction of sp³-hybridized carbons (Fsp3) is 0.478. The third-order valence-corrected chi connectivity index (χ3v) is 6.50. The molecule has 2 fully saturated rings. The van der Waals surface area contributed by atoms with Crippen LogP contribution in [-0.4, -0.2) is 31.6 Å². The van der Waals surface area contributed by atoms with Gasteiger partial charge in [0.25, 0.3) is 0 Å². The molecule has 3 N–H and O–H groups in total. The van der Waals surface area contributed by atoms with Crippen molar-refractivity contribution in [1.29, 1.82) is 0 Å². The number of ether oxygens (including phenoxy) is 2. The minimum Gasteiger partial charge on any atom is -0.481 e. The van der Waals surface area contributed by atoms with Crippen molar-refractivity contribution >= 4 is 40.7 Å². The number of anilines is 1. The number of methoxy groups -OCH3 is 1. The van der Waals surface area contributed by atoms with Crippen molar-refractivity contribution in [2.45, 2.75) is 38.1 Å². The molecule has 2 atom stereocenters. The normalized spacial score (nSPS) is 25.1. The SMILES string of the molecule is COC(=O)COc1ccc(NC(=O)C2CC3CCCC(C2)C3N)c2ccccc12.Cl. The summed E-state index contributed by atoms with van der Waals surface area (Å²) in [5, 5.41) is 4.86. The zero-order valence-electron chi connectivity index (χ0n) is 17.1. The molecule has 0 heterocycles. The molecule has 2 aromatic carbocycles. The molecule has 0 aromatic heterocycles. The molecule has 6 nitrogen and oxygen atoms in total. The van der Waals surface area contributed by atoms with Gasteiger partial charge in [-0.15, -0.1) is 12.4 Å². The maximum atomic E-state index is 13.0. The summed E-state index contributed by atoms with van der Waals surface area (Å²) in [5.41, 5.74) is 7.13. The van der Waals surface area contributed by atoms with Gasteiger partial charge in [-0.3, -0.25) is 4.79 Å². The summed E-state index contributed by atoms with van der Waals surface area (Å²) in [5.74, 6) is 1.16. The van der Waals surface area contributed by atoms with Crippen LogP contribution >= 0.6 is 12.4 Å². The van der Waals surface area contributed by atoms with E-state index in [9.17, 15) is 9.59 Å². The van der Waals surface area contributed by atoms with Crippen molar-refractivity contribution in [2.24, 2.45) is 23.5 Å². The van der Waals surface area contributed by atoms with Gasteiger partial charge >= 0.3 is 5.97 Å². The Morgan fingerprint density at radius 2 is 1.73 bits per heavy atom. The molecule has 2 aliphatic rings. The fourth-order valence-electron chi connectivity index (χ4n) is 4.94. The molecule has 2 aromatic rings. The van der Waals surface area contributed by atoms with Gasteiger partial charge in [0.15, 0.2) is 6.61 Å². The van der Waals surface area contributed by atoms with Crippen molar-refractivity contribution in [3.8, 4) is 5.75 Å². The van der Waals surface area contributed by atoms with Gasteiger partial charge in [-0.1, -0.05) is 30.7 Å². The summed E-state index contributed by atoms with van der Waals surface area (Å²) in [7, 11) is 1.33. The Bertz CT molecular complexity index is 905. The third kappa shape index (κ3) is 4.55. The number of rotatable bonds is 5. The van der Waals surface area contributed by atoms with Crippen LogP contribution in [0.5, 0.6) is 5.75 Å². The van der Waals surface area contributed by atoms with Crippen molar-refractivity contribution in [2.75, 3.05) is 19.0 Å². The Kier molecular flexibility index (Phi) is 7.21. The van der Waals surface area contributed by atoms with Crippen LogP contribution in [-0.2, 0) is 14.3 Å². The molecular weight excluding hydrogens is 404 g/mol. The quantitative estimate of drug-likeness (QED) is 0.699. The van der Waals surface area contributed by atoms with E-state index in [-0.39, 0.29) is 36.9 Å². The second kappa shape index (κ2) is 9.67. The molecule has 4 rings (SSSR count). The molecule has 0 radical (unpaired) electrons.